The van der Waals surface area contributed by atoms with Gasteiger partial charge in [0.25, 0.3) is 0 Å². The Hall–Kier alpha value is -0.780. The summed E-state index contributed by atoms with van der Waals surface area (Å²) in [6, 6.07) is 0. The molecule has 4 rings (SSSR count). The van der Waals surface area contributed by atoms with Gasteiger partial charge in [0.2, 0.25) is 0 Å². The highest BCUT2D eigenvalue weighted by Gasteiger charge is 2.60. The number of hydrogen-bond acceptors (Lipinski definition) is 3. The topological polar surface area (TPSA) is 46.5 Å². The van der Waals surface area contributed by atoms with Crippen LogP contribution in [0.5, 0.6) is 0 Å². The maximum Gasteiger partial charge on any atom is 0.402 e. The van der Waals surface area contributed by atoms with Crippen LogP contribution in [0.2, 0.25) is 0 Å². The molecule has 0 amide bonds. The number of hydrogen-bond donors (Lipinski definition) is 1. The zero-order chi connectivity index (χ0) is 15.5. The van der Waals surface area contributed by atoms with E-state index in [1.165, 1.54) is 6.92 Å². The lowest BCUT2D eigenvalue weighted by Crippen LogP contribution is -2.60. The summed E-state index contributed by atoms with van der Waals surface area (Å²) >= 11 is 0. The van der Waals surface area contributed by atoms with Crippen LogP contribution in [0.15, 0.2) is 0 Å². The molecular weight excluding hydrogens is 285 g/mol. The van der Waals surface area contributed by atoms with E-state index < -0.39 is 29.3 Å². The van der Waals surface area contributed by atoms with Gasteiger partial charge in [0, 0.05) is 6.42 Å². The Labute approximate surface area is 121 Å². The van der Waals surface area contributed by atoms with Gasteiger partial charge in [0.05, 0.1) is 5.60 Å². The first-order valence-corrected chi connectivity index (χ1v) is 7.67. The van der Waals surface area contributed by atoms with E-state index in [4.69, 9.17) is 4.74 Å². The number of ether oxygens (including phenoxy) is 1. The molecule has 3 atom stereocenters. The number of carbonyl (C=O) groups excluding carboxylic acids is 1. The molecule has 21 heavy (non-hydrogen) atoms. The summed E-state index contributed by atoms with van der Waals surface area (Å²) in [6.45, 7) is 1.34. The van der Waals surface area contributed by atoms with Gasteiger partial charge in [-0.3, -0.25) is 4.79 Å². The molecule has 0 aromatic rings. The van der Waals surface area contributed by atoms with Gasteiger partial charge in [-0.2, -0.15) is 13.2 Å². The molecule has 0 saturated heterocycles. The van der Waals surface area contributed by atoms with E-state index in [1.807, 2.05) is 0 Å². The third kappa shape index (κ3) is 2.67. The van der Waals surface area contributed by atoms with E-state index in [-0.39, 0.29) is 18.3 Å². The first kappa shape index (κ1) is 15.1. The molecule has 1 N–H and O–H groups in total. The highest BCUT2D eigenvalue weighted by atomic mass is 19.4. The molecule has 120 valence electrons. The Bertz CT molecular complexity index is 432. The zero-order valence-corrected chi connectivity index (χ0v) is 12.1. The lowest BCUT2D eigenvalue weighted by atomic mass is 9.52. The van der Waals surface area contributed by atoms with Crippen LogP contribution in [0.4, 0.5) is 13.2 Å². The molecule has 0 aliphatic heterocycles. The van der Waals surface area contributed by atoms with Gasteiger partial charge in [0.15, 0.2) is 5.92 Å². The maximum absolute atomic E-state index is 12.9. The molecule has 0 heterocycles. The van der Waals surface area contributed by atoms with Crippen molar-refractivity contribution in [1.29, 1.82) is 0 Å². The molecule has 4 aliphatic rings. The average Bonchev–Trinajstić information content (AvgIpc) is 2.22. The van der Waals surface area contributed by atoms with E-state index in [1.54, 1.807) is 0 Å². The van der Waals surface area contributed by atoms with Gasteiger partial charge < -0.3 is 9.84 Å². The number of halogens is 3. The molecule has 6 heteroatoms. The molecule has 0 aromatic carbocycles. The second kappa shape index (κ2) is 4.61. The van der Waals surface area contributed by atoms with Gasteiger partial charge in [-0.1, -0.05) is 6.92 Å². The summed E-state index contributed by atoms with van der Waals surface area (Å²) in [5.74, 6) is -2.68. The second-order valence-corrected chi connectivity index (χ2v) is 7.29. The first-order chi connectivity index (χ1) is 9.65. The molecule has 0 aromatic heterocycles. The van der Waals surface area contributed by atoms with Crippen LogP contribution in [0.1, 0.15) is 51.9 Å². The van der Waals surface area contributed by atoms with Crippen LogP contribution in [0.3, 0.4) is 0 Å². The number of aliphatic hydroxyl groups is 1. The SMILES string of the molecule is CCC(C(=O)OC12CC3CC(CC(O)(C3)C1)C2)C(F)(F)F. The quantitative estimate of drug-likeness (QED) is 0.815. The predicted molar refractivity (Wildman–Crippen MR) is 68.3 cm³/mol. The molecule has 4 saturated carbocycles. The third-order valence-corrected chi connectivity index (χ3v) is 5.38. The Balaban J connectivity index is 1.77. The molecule has 0 spiro atoms. The van der Waals surface area contributed by atoms with Crippen molar-refractivity contribution in [3.05, 3.63) is 0 Å². The summed E-state index contributed by atoms with van der Waals surface area (Å²) in [5, 5.41) is 10.5. The summed E-state index contributed by atoms with van der Waals surface area (Å²) < 4.78 is 43.9. The minimum absolute atomic E-state index is 0.273. The fraction of sp³-hybridized carbons (Fsp3) is 0.933. The first-order valence-electron chi connectivity index (χ1n) is 7.67. The van der Waals surface area contributed by atoms with Crippen molar-refractivity contribution in [1.82, 2.24) is 0 Å². The number of alkyl halides is 3. The van der Waals surface area contributed by atoms with Gasteiger partial charge in [-0.25, -0.2) is 0 Å². The second-order valence-electron chi connectivity index (χ2n) is 7.29. The van der Waals surface area contributed by atoms with Crippen LogP contribution >= 0.6 is 0 Å². The van der Waals surface area contributed by atoms with Crippen molar-refractivity contribution in [3.63, 3.8) is 0 Å². The highest BCUT2D eigenvalue weighted by Crippen LogP contribution is 2.59. The third-order valence-electron chi connectivity index (χ3n) is 5.38. The summed E-state index contributed by atoms with van der Waals surface area (Å²) in [6.07, 6.45) is -0.984. The lowest BCUT2D eigenvalue weighted by Gasteiger charge is -2.59. The van der Waals surface area contributed by atoms with Crippen LogP contribution in [-0.2, 0) is 9.53 Å². The minimum Gasteiger partial charge on any atom is -0.458 e. The highest BCUT2D eigenvalue weighted by molar-refractivity contribution is 5.73. The van der Waals surface area contributed by atoms with Crippen molar-refractivity contribution in [2.24, 2.45) is 17.8 Å². The van der Waals surface area contributed by atoms with Gasteiger partial charge >= 0.3 is 12.1 Å². The average molecular weight is 306 g/mol. The van der Waals surface area contributed by atoms with Gasteiger partial charge in [0.1, 0.15) is 5.60 Å². The Morgan fingerprint density at radius 3 is 2.29 bits per heavy atom. The Morgan fingerprint density at radius 1 is 1.29 bits per heavy atom. The largest absolute Gasteiger partial charge is 0.458 e. The van der Waals surface area contributed by atoms with Crippen LogP contribution < -0.4 is 0 Å². The summed E-state index contributed by atoms with van der Waals surface area (Å²) in [4.78, 5) is 12.0. The van der Waals surface area contributed by atoms with E-state index in [0.29, 0.717) is 32.1 Å². The minimum atomic E-state index is -4.56. The monoisotopic (exact) mass is 306 g/mol. The fourth-order valence-corrected chi connectivity index (χ4v) is 5.07. The van der Waals surface area contributed by atoms with E-state index in [0.717, 1.165) is 6.42 Å². The van der Waals surface area contributed by atoms with Crippen LogP contribution in [0, 0.1) is 17.8 Å². The molecule has 4 aliphatic carbocycles. The van der Waals surface area contributed by atoms with Crippen molar-refractivity contribution in [2.75, 3.05) is 0 Å². The standard InChI is InChI=1S/C15H21F3O3/c1-2-11(15(16,17)18)12(19)21-14-6-9-3-10(7-14)5-13(20,4-9)8-14/h9-11,20H,2-8H2,1H3. The maximum atomic E-state index is 12.9. The number of esters is 1. The molecule has 3 unspecified atom stereocenters. The molecule has 4 bridgehead atoms. The number of rotatable bonds is 3. The van der Waals surface area contributed by atoms with Crippen molar-refractivity contribution >= 4 is 5.97 Å². The molecule has 4 fully saturated rings. The zero-order valence-electron chi connectivity index (χ0n) is 12.1. The van der Waals surface area contributed by atoms with E-state index in [9.17, 15) is 23.1 Å². The Kier molecular flexibility index (Phi) is 3.32. The van der Waals surface area contributed by atoms with Gasteiger partial charge in [-0.05, 0) is 50.4 Å². The number of carbonyl (C=O) groups is 1. The smallest absolute Gasteiger partial charge is 0.402 e. The van der Waals surface area contributed by atoms with E-state index in [2.05, 4.69) is 0 Å². The van der Waals surface area contributed by atoms with Crippen molar-refractivity contribution in [2.45, 2.75) is 69.2 Å². The van der Waals surface area contributed by atoms with Crippen LogP contribution in [0.25, 0.3) is 0 Å². The van der Waals surface area contributed by atoms with Crippen molar-refractivity contribution < 1.29 is 27.8 Å². The predicted octanol–water partition coefficient (Wildman–Crippen LogP) is 3.20. The Morgan fingerprint density at radius 2 is 1.86 bits per heavy atom. The lowest BCUT2D eigenvalue weighted by molar-refractivity contribution is -0.237. The van der Waals surface area contributed by atoms with Crippen LogP contribution in [-0.4, -0.2) is 28.5 Å². The summed E-state index contributed by atoms with van der Waals surface area (Å²) in [7, 11) is 0. The fourth-order valence-electron chi connectivity index (χ4n) is 5.07. The van der Waals surface area contributed by atoms with Crippen molar-refractivity contribution in [3.8, 4) is 0 Å². The molecular formula is C15H21F3O3. The normalized spacial score (nSPS) is 42.9. The van der Waals surface area contributed by atoms with E-state index >= 15 is 0 Å². The molecule has 3 nitrogen and oxygen atoms in total. The summed E-state index contributed by atoms with van der Waals surface area (Å²) in [5.41, 5.74) is -1.71. The van der Waals surface area contributed by atoms with Gasteiger partial charge in [-0.15, -0.1) is 0 Å². The molecule has 0 radical (unpaired) electrons.